The topological polar surface area (TPSA) is 81.1 Å². The van der Waals surface area contributed by atoms with E-state index in [1.54, 1.807) is 18.2 Å². The average molecular weight is 400 g/mol. The standard InChI is InChI=1S/C22H25N3O2.ClH/c1-22(2,11-17-13-24-20-9-5-4-8-19(17)20)25-14-18(26)15-27-21-10-6-3-7-16(21)12-23;/h3-10,13,18,24-26H,11,14-15H2,1-2H3;1H/t18-;/m0./s1. The highest BCUT2D eigenvalue weighted by Crippen LogP contribution is 2.22. The number of aliphatic hydroxyl groups is 1. The zero-order chi connectivity index (χ0) is 19.3. The summed E-state index contributed by atoms with van der Waals surface area (Å²) in [6.07, 6.45) is 2.22. The number of fused-ring (bicyclic) bond motifs is 1. The highest BCUT2D eigenvalue weighted by molar-refractivity contribution is 5.85. The van der Waals surface area contributed by atoms with Crippen molar-refractivity contribution in [2.45, 2.75) is 31.9 Å². The molecular formula is C22H26ClN3O2. The number of hydrogen-bond donors (Lipinski definition) is 3. The van der Waals surface area contributed by atoms with Crippen molar-refractivity contribution in [1.29, 1.82) is 5.26 Å². The number of halogens is 1. The fourth-order valence-electron chi connectivity index (χ4n) is 3.14. The van der Waals surface area contributed by atoms with Gasteiger partial charge in [-0.3, -0.25) is 0 Å². The number of rotatable bonds is 8. The monoisotopic (exact) mass is 399 g/mol. The van der Waals surface area contributed by atoms with Crippen molar-refractivity contribution in [3.8, 4) is 11.8 Å². The predicted octanol–water partition coefficient (Wildman–Crippen LogP) is 3.81. The zero-order valence-corrected chi connectivity index (χ0v) is 16.9. The minimum atomic E-state index is -0.668. The molecule has 1 heterocycles. The normalized spacial score (nSPS) is 12.2. The van der Waals surface area contributed by atoms with Gasteiger partial charge in [0.2, 0.25) is 0 Å². The number of aliphatic hydroxyl groups excluding tert-OH is 1. The Hall–Kier alpha value is -2.52. The van der Waals surface area contributed by atoms with E-state index in [2.05, 4.69) is 42.4 Å². The number of aromatic amines is 1. The van der Waals surface area contributed by atoms with Crippen molar-refractivity contribution < 1.29 is 9.84 Å². The first kappa shape index (κ1) is 21.8. The molecule has 28 heavy (non-hydrogen) atoms. The van der Waals surface area contributed by atoms with E-state index in [-0.39, 0.29) is 24.6 Å². The highest BCUT2D eigenvalue weighted by atomic mass is 35.5. The second-order valence-corrected chi connectivity index (χ2v) is 7.37. The third-order valence-electron chi connectivity index (χ3n) is 4.56. The second-order valence-electron chi connectivity index (χ2n) is 7.37. The van der Waals surface area contributed by atoms with E-state index >= 15 is 0 Å². The molecule has 148 valence electrons. The van der Waals surface area contributed by atoms with Gasteiger partial charge in [-0.2, -0.15) is 5.26 Å². The Bertz CT molecular complexity index is 946. The lowest BCUT2D eigenvalue weighted by atomic mass is 9.94. The van der Waals surface area contributed by atoms with Crippen molar-refractivity contribution in [3.05, 3.63) is 65.9 Å². The summed E-state index contributed by atoms with van der Waals surface area (Å²) >= 11 is 0. The Morgan fingerprint density at radius 1 is 1.18 bits per heavy atom. The fraction of sp³-hybridized carbons (Fsp3) is 0.318. The van der Waals surface area contributed by atoms with Crippen LogP contribution in [0.15, 0.2) is 54.7 Å². The van der Waals surface area contributed by atoms with Crippen LogP contribution in [0.3, 0.4) is 0 Å². The van der Waals surface area contributed by atoms with Gasteiger partial charge in [-0.15, -0.1) is 12.4 Å². The van der Waals surface area contributed by atoms with Gasteiger partial charge in [0.25, 0.3) is 0 Å². The van der Waals surface area contributed by atoms with Gasteiger partial charge in [0.05, 0.1) is 5.56 Å². The molecule has 5 nitrogen and oxygen atoms in total. The first-order valence-corrected chi connectivity index (χ1v) is 9.08. The number of H-pyrrole nitrogens is 1. The molecule has 0 aliphatic rings. The number of para-hydroxylation sites is 2. The van der Waals surface area contributed by atoms with Crippen molar-refractivity contribution in [2.24, 2.45) is 0 Å². The first-order valence-electron chi connectivity index (χ1n) is 9.08. The van der Waals surface area contributed by atoms with E-state index in [9.17, 15) is 5.11 Å². The van der Waals surface area contributed by atoms with E-state index in [1.165, 1.54) is 10.9 Å². The van der Waals surface area contributed by atoms with Crippen molar-refractivity contribution in [3.63, 3.8) is 0 Å². The first-order chi connectivity index (χ1) is 13.0. The minimum Gasteiger partial charge on any atom is -0.489 e. The third kappa shape index (κ3) is 5.49. The Balaban J connectivity index is 0.00000280. The van der Waals surface area contributed by atoms with Crippen LogP contribution in [0.1, 0.15) is 25.0 Å². The number of aromatic nitrogens is 1. The van der Waals surface area contributed by atoms with Gasteiger partial charge in [-0.05, 0) is 44.0 Å². The Morgan fingerprint density at radius 2 is 1.89 bits per heavy atom. The lowest BCUT2D eigenvalue weighted by Gasteiger charge is -2.28. The smallest absolute Gasteiger partial charge is 0.137 e. The number of β-amino-alcohol motifs (C(OH)–C–C–N with tert-alkyl or cyclic N) is 1. The summed E-state index contributed by atoms with van der Waals surface area (Å²) in [4.78, 5) is 3.30. The molecule has 3 aromatic rings. The Morgan fingerprint density at radius 3 is 2.68 bits per heavy atom. The molecular weight excluding hydrogens is 374 g/mol. The van der Waals surface area contributed by atoms with Gasteiger partial charge in [0.15, 0.2) is 0 Å². The SMILES string of the molecule is CC(C)(Cc1c[nH]c2ccccc12)NC[C@H](O)COc1ccccc1C#N.Cl. The molecule has 0 aliphatic heterocycles. The lowest BCUT2D eigenvalue weighted by Crippen LogP contribution is -2.46. The van der Waals surface area contributed by atoms with Crippen LogP contribution in [0, 0.1) is 11.3 Å². The average Bonchev–Trinajstić information content (AvgIpc) is 3.07. The maximum Gasteiger partial charge on any atom is 0.137 e. The number of nitrogens with zero attached hydrogens (tertiary/aromatic N) is 1. The molecule has 0 spiro atoms. The number of ether oxygens (including phenoxy) is 1. The number of hydrogen-bond acceptors (Lipinski definition) is 4. The van der Waals surface area contributed by atoms with Crippen LogP contribution in [0.25, 0.3) is 10.9 Å². The molecule has 0 aliphatic carbocycles. The molecule has 0 radical (unpaired) electrons. The molecule has 1 atom stereocenters. The van der Waals surface area contributed by atoms with Crippen LogP contribution in [0.2, 0.25) is 0 Å². The largest absolute Gasteiger partial charge is 0.489 e. The summed E-state index contributed by atoms with van der Waals surface area (Å²) in [6, 6.07) is 17.4. The van der Waals surface area contributed by atoms with Crippen LogP contribution in [-0.2, 0) is 6.42 Å². The summed E-state index contributed by atoms with van der Waals surface area (Å²) < 4.78 is 5.60. The molecule has 2 aromatic carbocycles. The summed E-state index contributed by atoms with van der Waals surface area (Å²) in [5, 5.41) is 24.0. The predicted molar refractivity (Wildman–Crippen MR) is 114 cm³/mol. The second kappa shape index (κ2) is 9.61. The quantitative estimate of drug-likeness (QED) is 0.538. The fourth-order valence-corrected chi connectivity index (χ4v) is 3.14. The van der Waals surface area contributed by atoms with Crippen LogP contribution in [0.5, 0.6) is 5.75 Å². The molecule has 0 saturated heterocycles. The Labute approximate surface area is 171 Å². The summed E-state index contributed by atoms with van der Waals surface area (Å²) in [7, 11) is 0. The van der Waals surface area contributed by atoms with Gasteiger partial charge in [0, 0.05) is 29.2 Å². The molecule has 0 fully saturated rings. The van der Waals surface area contributed by atoms with E-state index in [0.29, 0.717) is 17.9 Å². The summed E-state index contributed by atoms with van der Waals surface area (Å²) in [5.41, 5.74) is 2.67. The molecule has 0 unspecified atom stereocenters. The van der Waals surface area contributed by atoms with E-state index in [4.69, 9.17) is 10.00 Å². The van der Waals surface area contributed by atoms with Gasteiger partial charge >= 0.3 is 0 Å². The van der Waals surface area contributed by atoms with Crippen molar-refractivity contribution in [1.82, 2.24) is 10.3 Å². The van der Waals surface area contributed by atoms with Gasteiger partial charge in [-0.1, -0.05) is 30.3 Å². The van der Waals surface area contributed by atoms with Crippen molar-refractivity contribution in [2.75, 3.05) is 13.2 Å². The van der Waals surface area contributed by atoms with Crippen LogP contribution in [-0.4, -0.2) is 34.9 Å². The molecule has 3 N–H and O–H groups in total. The van der Waals surface area contributed by atoms with Gasteiger partial charge in [0.1, 0.15) is 24.5 Å². The van der Waals surface area contributed by atoms with Gasteiger partial charge < -0.3 is 20.1 Å². The maximum atomic E-state index is 10.3. The molecule has 3 rings (SSSR count). The Kier molecular flexibility index (Phi) is 7.47. The molecule has 0 saturated carbocycles. The van der Waals surface area contributed by atoms with Crippen molar-refractivity contribution >= 4 is 23.3 Å². The summed E-state index contributed by atoms with van der Waals surface area (Å²) in [5.74, 6) is 0.497. The molecule has 1 aromatic heterocycles. The lowest BCUT2D eigenvalue weighted by molar-refractivity contribution is 0.0987. The van der Waals surface area contributed by atoms with Crippen LogP contribution < -0.4 is 10.1 Å². The number of nitriles is 1. The van der Waals surface area contributed by atoms with Gasteiger partial charge in [-0.25, -0.2) is 0 Å². The molecule has 6 heteroatoms. The highest BCUT2D eigenvalue weighted by Gasteiger charge is 2.21. The summed E-state index contributed by atoms with van der Waals surface area (Å²) in [6.45, 7) is 4.78. The zero-order valence-electron chi connectivity index (χ0n) is 16.1. The van der Waals surface area contributed by atoms with E-state index in [0.717, 1.165) is 11.9 Å². The van der Waals surface area contributed by atoms with E-state index in [1.807, 2.05) is 24.4 Å². The molecule has 0 amide bonds. The molecule has 0 bridgehead atoms. The number of nitrogens with one attached hydrogen (secondary N) is 2. The third-order valence-corrected chi connectivity index (χ3v) is 4.56. The minimum absolute atomic E-state index is 0. The number of benzene rings is 2. The van der Waals surface area contributed by atoms with E-state index < -0.39 is 6.10 Å². The maximum absolute atomic E-state index is 10.3. The van der Waals surface area contributed by atoms with Crippen LogP contribution >= 0.6 is 12.4 Å². The van der Waals surface area contributed by atoms with Crippen LogP contribution in [0.4, 0.5) is 0 Å².